The summed E-state index contributed by atoms with van der Waals surface area (Å²) in [6.45, 7) is 0.820. The lowest BCUT2D eigenvalue weighted by atomic mass is 10.2. The van der Waals surface area contributed by atoms with E-state index in [1.807, 2.05) is 6.07 Å². The Bertz CT molecular complexity index is 588. The molecule has 2 rings (SSSR count). The van der Waals surface area contributed by atoms with Crippen LogP contribution in [0.25, 0.3) is 0 Å². The van der Waals surface area contributed by atoms with Gasteiger partial charge in [-0.2, -0.15) is 0 Å². The summed E-state index contributed by atoms with van der Waals surface area (Å²) in [6, 6.07) is 6.69. The molecule has 1 heterocycles. The van der Waals surface area contributed by atoms with Crippen LogP contribution in [0.5, 0.6) is 0 Å². The minimum atomic E-state index is -0.950. The molecule has 0 aliphatic carbocycles. The molecule has 2 N–H and O–H groups in total. The van der Waals surface area contributed by atoms with Crippen LogP contribution in [-0.4, -0.2) is 48.1 Å². The highest BCUT2D eigenvalue weighted by Gasteiger charge is 2.22. The molecule has 1 saturated heterocycles. The van der Waals surface area contributed by atoms with Crippen molar-refractivity contribution in [3.8, 4) is 0 Å². The van der Waals surface area contributed by atoms with Gasteiger partial charge in [-0.25, -0.2) is 4.79 Å². The van der Waals surface area contributed by atoms with Crippen molar-refractivity contribution in [2.45, 2.75) is 19.3 Å². The van der Waals surface area contributed by atoms with E-state index in [0.29, 0.717) is 18.7 Å². The van der Waals surface area contributed by atoms with Gasteiger partial charge in [0.05, 0.1) is 6.42 Å². The average Bonchev–Trinajstić information content (AvgIpc) is 2.91. The zero-order valence-electron chi connectivity index (χ0n) is 12.4. The molecule has 118 valence electrons. The minimum Gasteiger partial charge on any atom is -0.481 e. The summed E-state index contributed by atoms with van der Waals surface area (Å²) >= 11 is 0. The van der Waals surface area contributed by atoms with E-state index in [0.717, 1.165) is 12.1 Å². The Hall–Kier alpha value is -2.57. The van der Waals surface area contributed by atoms with E-state index in [4.69, 9.17) is 5.11 Å². The van der Waals surface area contributed by atoms with E-state index in [1.165, 1.54) is 11.9 Å². The van der Waals surface area contributed by atoms with E-state index in [-0.39, 0.29) is 24.9 Å². The fourth-order valence-corrected chi connectivity index (χ4v) is 2.26. The molecule has 0 bridgehead atoms. The Kier molecular flexibility index (Phi) is 4.98. The summed E-state index contributed by atoms with van der Waals surface area (Å²) in [6.07, 6.45) is 1.29. The molecule has 0 radical (unpaired) electrons. The number of amides is 3. The lowest BCUT2D eigenvalue weighted by Gasteiger charge is -2.19. The first-order chi connectivity index (χ1) is 10.5. The molecule has 0 spiro atoms. The largest absolute Gasteiger partial charge is 0.481 e. The maximum Gasteiger partial charge on any atom is 0.321 e. The Balaban J connectivity index is 1.99. The van der Waals surface area contributed by atoms with Gasteiger partial charge in [0.15, 0.2) is 0 Å². The molecule has 1 aliphatic rings. The first kappa shape index (κ1) is 15.8. The molecule has 0 saturated carbocycles. The highest BCUT2D eigenvalue weighted by atomic mass is 16.4. The van der Waals surface area contributed by atoms with Crippen LogP contribution in [0, 0.1) is 0 Å². The summed E-state index contributed by atoms with van der Waals surface area (Å²) in [5, 5.41) is 11.3. The summed E-state index contributed by atoms with van der Waals surface area (Å²) in [4.78, 5) is 37.2. The monoisotopic (exact) mass is 305 g/mol. The quantitative estimate of drug-likeness (QED) is 0.867. The number of carboxylic acid groups (broad SMARTS) is 1. The summed E-state index contributed by atoms with van der Waals surface area (Å²) in [5.74, 6) is -0.865. The second kappa shape index (κ2) is 6.93. The molecule has 0 unspecified atom stereocenters. The Morgan fingerprint density at radius 2 is 2.18 bits per heavy atom. The smallest absolute Gasteiger partial charge is 0.321 e. The van der Waals surface area contributed by atoms with Crippen molar-refractivity contribution in [3.05, 3.63) is 24.3 Å². The molecule has 7 heteroatoms. The number of rotatable bonds is 5. The Morgan fingerprint density at radius 1 is 1.41 bits per heavy atom. The summed E-state index contributed by atoms with van der Waals surface area (Å²) < 4.78 is 0. The zero-order chi connectivity index (χ0) is 16.1. The van der Waals surface area contributed by atoms with E-state index in [9.17, 15) is 14.4 Å². The standard InChI is InChI=1S/C15H19N3O4/c1-17(9-7-14(20)21)15(22)16-11-4-2-5-12(10-11)18-8-3-6-13(18)19/h2,4-5,10H,3,6-9H2,1H3,(H,16,22)(H,20,21). The van der Waals surface area contributed by atoms with Crippen molar-refractivity contribution in [2.75, 3.05) is 30.4 Å². The third-order valence-electron chi connectivity index (χ3n) is 3.49. The van der Waals surface area contributed by atoms with Crippen LogP contribution >= 0.6 is 0 Å². The maximum atomic E-state index is 12.0. The number of urea groups is 1. The number of hydrogen-bond acceptors (Lipinski definition) is 3. The van der Waals surface area contributed by atoms with Gasteiger partial charge in [0.2, 0.25) is 5.91 Å². The molecule has 0 aromatic heterocycles. The molecule has 22 heavy (non-hydrogen) atoms. The van der Waals surface area contributed by atoms with E-state index in [1.54, 1.807) is 23.1 Å². The van der Waals surface area contributed by atoms with Gasteiger partial charge in [0, 0.05) is 37.9 Å². The topological polar surface area (TPSA) is 89.9 Å². The molecule has 3 amide bonds. The van der Waals surface area contributed by atoms with E-state index >= 15 is 0 Å². The number of carbonyl (C=O) groups excluding carboxylic acids is 2. The fourth-order valence-electron chi connectivity index (χ4n) is 2.26. The molecule has 7 nitrogen and oxygen atoms in total. The van der Waals surface area contributed by atoms with Crippen molar-refractivity contribution in [1.82, 2.24) is 4.90 Å². The third kappa shape index (κ3) is 3.97. The second-order valence-corrected chi connectivity index (χ2v) is 5.19. The lowest BCUT2D eigenvalue weighted by molar-refractivity contribution is -0.137. The van der Waals surface area contributed by atoms with Crippen LogP contribution in [0.3, 0.4) is 0 Å². The lowest BCUT2D eigenvalue weighted by Crippen LogP contribution is -2.33. The Morgan fingerprint density at radius 3 is 2.82 bits per heavy atom. The molecule has 1 fully saturated rings. The highest BCUT2D eigenvalue weighted by Crippen LogP contribution is 2.24. The zero-order valence-corrected chi connectivity index (χ0v) is 12.4. The third-order valence-corrected chi connectivity index (χ3v) is 3.49. The first-order valence-corrected chi connectivity index (χ1v) is 7.11. The van der Waals surface area contributed by atoms with Crippen molar-refractivity contribution < 1.29 is 19.5 Å². The number of nitrogens with one attached hydrogen (secondary N) is 1. The Labute approximate surface area is 128 Å². The molecular formula is C15H19N3O4. The fraction of sp³-hybridized carbons (Fsp3) is 0.400. The van der Waals surface area contributed by atoms with Crippen LogP contribution in [0.15, 0.2) is 24.3 Å². The molecular weight excluding hydrogens is 286 g/mol. The molecule has 1 aromatic carbocycles. The molecule has 0 atom stereocenters. The van der Waals surface area contributed by atoms with Crippen LogP contribution < -0.4 is 10.2 Å². The summed E-state index contributed by atoms with van der Waals surface area (Å²) in [5.41, 5.74) is 1.33. The predicted octanol–water partition coefficient (Wildman–Crippen LogP) is 1.75. The minimum absolute atomic E-state index is 0.0852. The van der Waals surface area contributed by atoms with Crippen molar-refractivity contribution >= 4 is 29.3 Å². The molecule has 1 aliphatic heterocycles. The van der Waals surface area contributed by atoms with Gasteiger partial charge in [-0.3, -0.25) is 9.59 Å². The van der Waals surface area contributed by atoms with Crippen LogP contribution in [0.1, 0.15) is 19.3 Å². The molecule has 1 aromatic rings. The van der Waals surface area contributed by atoms with Gasteiger partial charge >= 0.3 is 12.0 Å². The van der Waals surface area contributed by atoms with Gasteiger partial charge < -0.3 is 20.2 Å². The average molecular weight is 305 g/mol. The van der Waals surface area contributed by atoms with Crippen molar-refractivity contribution in [1.29, 1.82) is 0 Å². The van der Waals surface area contributed by atoms with Crippen molar-refractivity contribution in [3.63, 3.8) is 0 Å². The number of anilines is 2. The van der Waals surface area contributed by atoms with E-state index in [2.05, 4.69) is 5.32 Å². The number of aliphatic carboxylic acids is 1. The number of benzene rings is 1. The summed E-state index contributed by atoms with van der Waals surface area (Å²) in [7, 11) is 1.53. The van der Waals surface area contributed by atoms with E-state index < -0.39 is 5.97 Å². The SMILES string of the molecule is CN(CCC(=O)O)C(=O)Nc1cccc(N2CCCC2=O)c1. The van der Waals surface area contributed by atoms with Gasteiger partial charge in [0.25, 0.3) is 0 Å². The maximum absolute atomic E-state index is 12.0. The van der Waals surface area contributed by atoms with Crippen LogP contribution in [-0.2, 0) is 9.59 Å². The van der Waals surface area contributed by atoms with Gasteiger partial charge in [-0.1, -0.05) is 6.07 Å². The highest BCUT2D eigenvalue weighted by molar-refractivity contribution is 5.96. The van der Waals surface area contributed by atoms with Crippen LogP contribution in [0.2, 0.25) is 0 Å². The second-order valence-electron chi connectivity index (χ2n) is 5.19. The van der Waals surface area contributed by atoms with Gasteiger partial charge in [-0.05, 0) is 24.6 Å². The normalized spacial score (nSPS) is 14.0. The number of carboxylic acids is 1. The first-order valence-electron chi connectivity index (χ1n) is 7.11. The number of hydrogen-bond donors (Lipinski definition) is 2. The number of carbonyl (C=O) groups is 3. The van der Waals surface area contributed by atoms with Crippen LogP contribution in [0.4, 0.5) is 16.2 Å². The van der Waals surface area contributed by atoms with Crippen molar-refractivity contribution in [2.24, 2.45) is 0 Å². The van der Waals surface area contributed by atoms with Gasteiger partial charge in [0.1, 0.15) is 0 Å². The number of nitrogens with zero attached hydrogens (tertiary/aromatic N) is 2. The van der Waals surface area contributed by atoms with Gasteiger partial charge in [-0.15, -0.1) is 0 Å². The predicted molar refractivity (Wildman–Crippen MR) is 81.9 cm³/mol.